The number of aliphatic hydroxyl groups is 2. The Bertz CT molecular complexity index is 789. The van der Waals surface area contributed by atoms with Crippen LogP contribution in [-0.4, -0.2) is 58.3 Å². The zero-order valence-corrected chi connectivity index (χ0v) is 17.5. The third-order valence-electron chi connectivity index (χ3n) is 5.15. The highest BCUT2D eigenvalue weighted by Gasteiger charge is 2.43. The molecule has 2 amide bonds. The van der Waals surface area contributed by atoms with Crippen LogP contribution in [-0.2, 0) is 9.59 Å². The first-order chi connectivity index (χ1) is 13.6. The summed E-state index contributed by atoms with van der Waals surface area (Å²) in [6.07, 6.45) is -0.654. The summed E-state index contributed by atoms with van der Waals surface area (Å²) in [4.78, 5) is 27.1. The number of hydrogen-bond donors (Lipinski definition) is 4. The highest BCUT2D eigenvalue weighted by Crippen LogP contribution is 2.25. The van der Waals surface area contributed by atoms with Gasteiger partial charge in [-0.25, -0.2) is 0 Å². The molecular formula is C22H31N3O4. The minimum absolute atomic E-state index is 0.0644. The summed E-state index contributed by atoms with van der Waals surface area (Å²) < 4.78 is 0. The van der Waals surface area contributed by atoms with E-state index < -0.39 is 35.6 Å². The van der Waals surface area contributed by atoms with Crippen molar-refractivity contribution in [3.63, 3.8) is 0 Å². The molecule has 1 saturated heterocycles. The van der Waals surface area contributed by atoms with Crippen molar-refractivity contribution in [3.8, 4) is 11.8 Å². The Morgan fingerprint density at radius 2 is 1.93 bits per heavy atom. The molecule has 158 valence electrons. The molecule has 0 aliphatic carbocycles. The quantitative estimate of drug-likeness (QED) is 0.538. The summed E-state index contributed by atoms with van der Waals surface area (Å²) in [7, 11) is 0. The lowest BCUT2D eigenvalue weighted by Crippen LogP contribution is -2.55. The number of likely N-dealkylation sites (tertiary alicyclic amines) is 1. The van der Waals surface area contributed by atoms with Gasteiger partial charge in [0.05, 0.1) is 24.8 Å². The summed E-state index contributed by atoms with van der Waals surface area (Å²) in [5.41, 5.74) is 7.18. The topological polar surface area (TPSA) is 116 Å². The molecule has 0 spiro atoms. The van der Waals surface area contributed by atoms with Crippen molar-refractivity contribution in [2.45, 2.75) is 58.3 Å². The van der Waals surface area contributed by atoms with E-state index in [4.69, 9.17) is 5.73 Å². The number of β-amino-alcohol motifs (C(OH)–C–C–N with tert-alkyl or cyclic N) is 1. The third kappa shape index (κ3) is 5.57. The van der Waals surface area contributed by atoms with Crippen LogP contribution in [0.2, 0.25) is 0 Å². The van der Waals surface area contributed by atoms with Gasteiger partial charge in [-0.1, -0.05) is 38.8 Å². The minimum atomic E-state index is -0.829. The molecule has 1 fully saturated rings. The summed E-state index contributed by atoms with van der Waals surface area (Å²) in [5, 5.41) is 22.6. The monoisotopic (exact) mass is 401 g/mol. The summed E-state index contributed by atoms with van der Waals surface area (Å²) in [6.45, 7) is 7.08. The molecule has 0 radical (unpaired) electrons. The van der Waals surface area contributed by atoms with E-state index in [9.17, 15) is 19.8 Å². The molecule has 1 aromatic carbocycles. The van der Waals surface area contributed by atoms with E-state index in [1.165, 1.54) is 4.90 Å². The lowest BCUT2D eigenvalue weighted by molar-refractivity contribution is -0.141. The standard InChI is InChI=1S/C22H31N3O4/c1-5-6-14-7-9-15(10-8-14)17(13-26)24-20(28)18-11-16(27)12-25(18)21(29)19(23)22(2,3)4/h7-10,16-19,26-27H,11-13,23H2,1-4H3,(H,24,28)/t16-,17?,18+,19?/m1/s1. The van der Waals surface area contributed by atoms with Gasteiger partial charge in [-0.2, -0.15) is 0 Å². The molecule has 0 aromatic heterocycles. The van der Waals surface area contributed by atoms with Gasteiger partial charge in [-0.15, -0.1) is 5.92 Å². The van der Waals surface area contributed by atoms with Crippen LogP contribution in [0.3, 0.4) is 0 Å². The van der Waals surface area contributed by atoms with E-state index >= 15 is 0 Å². The molecule has 29 heavy (non-hydrogen) atoms. The number of carbonyl (C=O) groups is 2. The van der Waals surface area contributed by atoms with Gasteiger partial charge < -0.3 is 26.2 Å². The smallest absolute Gasteiger partial charge is 0.243 e. The zero-order chi connectivity index (χ0) is 21.8. The summed E-state index contributed by atoms with van der Waals surface area (Å²) in [5.74, 6) is 4.97. The number of carbonyl (C=O) groups excluding carboxylic acids is 2. The van der Waals surface area contributed by atoms with Crippen LogP contribution in [0.1, 0.15) is 51.3 Å². The van der Waals surface area contributed by atoms with Crippen molar-refractivity contribution < 1.29 is 19.8 Å². The van der Waals surface area contributed by atoms with Crippen LogP contribution in [0.4, 0.5) is 0 Å². The maximum Gasteiger partial charge on any atom is 0.243 e. The Morgan fingerprint density at radius 1 is 1.31 bits per heavy atom. The fourth-order valence-electron chi connectivity index (χ4n) is 3.30. The second-order valence-corrected chi connectivity index (χ2v) is 8.48. The van der Waals surface area contributed by atoms with Gasteiger partial charge in [0.25, 0.3) is 0 Å². The Labute approximate surface area is 172 Å². The van der Waals surface area contributed by atoms with Gasteiger partial charge in [0, 0.05) is 18.5 Å². The lowest BCUT2D eigenvalue weighted by Gasteiger charge is -2.33. The fourth-order valence-corrected chi connectivity index (χ4v) is 3.30. The molecule has 0 saturated carbocycles. The third-order valence-corrected chi connectivity index (χ3v) is 5.15. The Hall–Kier alpha value is -2.40. The van der Waals surface area contributed by atoms with Crippen LogP contribution in [0, 0.1) is 17.3 Å². The Balaban J connectivity index is 2.15. The first-order valence-corrected chi connectivity index (χ1v) is 9.76. The largest absolute Gasteiger partial charge is 0.394 e. The lowest BCUT2D eigenvalue weighted by atomic mass is 9.86. The molecule has 5 N–H and O–H groups in total. The molecule has 1 aromatic rings. The highest BCUT2D eigenvalue weighted by molar-refractivity contribution is 5.91. The van der Waals surface area contributed by atoms with Crippen molar-refractivity contribution in [3.05, 3.63) is 35.4 Å². The van der Waals surface area contributed by atoms with E-state index in [0.717, 1.165) is 11.1 Å². The molecule has 2 unspecified atom stereocenters. The molecule has 1 aliphatic heterocycles. The van der Waals surface area contributed by atoms with E-state index in [1.54, 1.807) is 19.1 Å². The first-order valence-electron chi connectivity index (χ1n) is 9.76. The van der Waals surface area contributed by atoms with Gasteiger partial charge >= 0.3 is 0 Å². The van der Waals surface area contributed by atoms with Crippen LogP contribution < -0.4 is 11.1 Å². The normalized spacial score (nSPS) is 21.1. The molecule has 7 nitrogen and oxygen atoms in total. The SMILES string of the molecule is CC#Cc1ccc(C(CO)NC(=O)[C@@H]2C[C@@H](O)CN2C(=O)C(N)C(C)(C)C)cc1. The number of rotatable bonds is 5. The molecule has 2 rings (SSSR count). The molecule has 0 bridgehead atoms. The van der Waals surface area contributed by atoms with E-state index in [0.29, 0.717) is 0 Å². The number of aliphatic hydroxyl groups excluding tert-OH is 2. The van der Waals surface area contributed by atoms with Crippen LogP contribution in [0.25, 0.3) is 0 Å². The van der Waals surface area contributed by atoms with E-state index in [-0.39, 0.29) is 25.5 Å². The molecule has 1 heterocycles. The number of amides is 2. The van der Waals surface area contributed by atoms with Gasteiger partial charge in [-0.3, -0.25) is 9.59 Å². The van der Waals surface area contributed by atoms with Gasteiger partial charge in [0.1, 0.15) is 6.04 Å². The Kier molecular flexibility index (Phi) is 7.42. The number of benzene rings is 1. The second-order valence-electron chi connectivity index (χ2n) is 8.48. The number of nitrogens with one attached hydrogen (secondary N) is 1. The number of nitrogens with zero attached hydrogens (tertiary/aromatic N) is 1. The van der Waals surface area contributed by atoms with Gasteiger partial charge in [-0.05, 0) is 30.0 Å². The second kappa shape index (κ2) is 9.40. The van der Waals surface area contributed by atoms with Crippen molar-refractivity contribution >= 4 is 11.8 Å². The number of nitrogens with two attached hydrogens (primary N) is 1. The molecular weight excluding hydrogens is 370 g/mol. The van der Waals surface area contributed by atoms with Crippen molar-refractivity contribution in [1.29, 1.82) is 0 Å². The minimum Gasteiger partial charge on any atom is -0.394 e. The summed E-state index contributed by atoms with van der Waals surface area (Å²) >= 11 is 0. The average Bonchev–Trinajstić information content (AvgIpc) is 3.07. The average molecular weight is 402 g/mol. The van der Waals surface area contributed by atoms with E-state index in [1.807, 2.05) is 32.9 Å². The van der Waals surface area contributed by atoms with Crippen LogP contribution in [0.5, 0.6) is 0 Å². The Morgan fingerprint density at radius 3 is 2.45 bits per heavy atom. The van der Waals surface area contributed by atoms with E-state index in [2.05, 4.69) is 17.2 Å². The van der Waals surface area contributed by atoms with Crippen LogP contribution >= 0.6 is 0 Å². The predicted octanol–water partition coefficient (Wildman–Crippen LogP) is 0.543. The maximum atomic E-state index is 12.9. The summed E-state index contributed by atoms with van der Waals surface area (Å²) in [6, 6.07) is 4.98. The zero-order valence-electron chi connectivity index (χ0n) is 17.5. The fraction of sp³-hybridized carbons (Fsp3) is 0.545. The molecule has 4 atom stereocenters. The van der Waals surface area contributed by atoms with Crippen molar-refractivity contribution in [2.75, 3.05) is 13.2 Å². The maximum absolute atomic E-state index is 12.9. The van der Waals surface area contributed by atoms with Crippen molar-refractivity contribution in [1.82, 2.24) is 10.2 Å². The molecule has 7 heteroatoms. The highest BCUT2D eigenvalue weighted by atomic mass is 16.3. The molecule has 1 aliphatic rings. The van der Waals surface area contributed by atoms with Gasteiger partial charge in [0.2, 0.25) is 11.8 Å². The number of hydrogen-bond acceptors (Lipinski definition) is 5. The first kappa shape index (κ1) is 22.9. The van der Waals surface area contributed by atoms with Crippen molar-refractivity contribution in [2.24, 2.45) is 11.1 Å². The van der Waals surface area contributed by atoms with Gasteiger partial charge in [0.15, 0.2) is 0 Å². The predicted molar refractivity (Wildman–Crippen MR) is 111 cm³/mol. The van der Waals surface area contributed by atoms with Crippen LogP contribution in [0.15, 0.2) is 24.3 Å².